The fourth-order valence-corrected chi connectivity index (χ4v) is 1.83. The van der Waals surface area contributed by atoms with E-state index in [0.717, 1.165) is 11.3 Å². The topological polar surface area (TPSA) is 110 Å². The molecule has 2 N–H and O–H groups in total. The van der Waals surface area contributed by atoms with E-state index in [9.17, 15) is 9.59 Å². The van der Waals surface area contributed by atoms with Gasteiger partial charge in [0.05, 0.1) is 5.69 Å². The number of hydrogen-bond acceptors (Lipinski definition) is 5. The van der Waals surface area contributed by atoms with E-state index in [4.69, 9.17) is 5.11 Å². The predicted octanol–water partition coefficient (Wildman–Crippen LogP) is 1.16. The summed E-state index contributed by atoms with van der Waals surface area (Å²) in [5, 5.41) is 22.2. The molecule has 0 aliphatic heterocycles. The van der Waals surface area contributed by atoms with E-state index in [1.54, 1.807) is 12.1 Å². The summed E-state index contributed by atoms with van der Waals surface area (Å²) in [7, 11) is 0. The van der Waals surface area contributed by atoms with Gasteiger partial charge >= 0.3 is 5.97 Å². The Labute approximate surface area is 120 Å². The smallest absolute Gasteiger partial charge is 0.303 e. The molecule has 0 aliphatic carbocycles. The van der Waals surface area contributed by atoms with Crippen molar-refractivity contribution < 1.29 is 14.7 Å². The van der Waals surface area contributed by atoms with Crippen molar-refractivity contribution >= 4 is 17.6 Å². The van der Waals surface area contributed by atoms with Crippen molar-refractivity contribution in [2.24, 2.45) is 0 Å². The Hall–Kier alpha value is -2.77. The summed E-state index contributed by atoms with van der Waals surface area (Å²) in [6.07, 6.45) is 1.94. The minimum atomic E-state index is -0.904. The molecule has 0 radical (unpaired) electrons. The zero-order valence-electron chi connectivity index (χ0n) is 11.5. The lowest BCUT2D eigenvalue weighted by Crippen LogP contribution is -2.12. The maximum atomic E-state index is 11.7. The maximum Gasteiger partial charge on any atom is 0.303 e. The number of aliphatic carboxylic acids is 1. The van der Waals surface area contributed by atoms with Crippen molar-refractivity contribution in [3.05, 3.63) is 30.1 Å². The van der Waals surface area contributed by atoms with Crippen molar-refractivity contribution in [2.75, 3.05) is 5.32 Å². The number of carboxylic acid groups (broad SMARTS) is 1. The third-order valence-corrected chi connectivity index (χ3v) is 2.88. The van der Waals surface area contributed by atoms with Crippen molar-refractivity contribution in [3.8, 4) is 5.69 Å². The van der Waals surface area contributed by atoms with Gasteiger partial charge in [0, 0.05) is 18.5 Å². The van der Waals surface area contributed by atoms with Gasteiger partial charge in [-0.05, 0) is 41.5 Å². The second kappa shape index (κ2) is 6.60. The van der Waals surface area contributed by atoms with E-state index < -0.39 is 5.97 Å². The number of aromatic nitrogens is 4. The number of nitrogens with zero attached hydrogens (tertiary/aromatic N) is 4. The maximum absolute atomic E-state index is 11.7. The van der Waals surface area contributed by atoms with E-state index in [1.807, 2.05) is 13.0 Å². The van der Waals surface area contributed by atoms with Gasteiger partial charge in [-0.15, -0.1) is 5.10 Å². The van der Waals surface area contributed by atoms with Gasteiger partial charge in [-0.25, -0.2) is 4.68 Å². The Morgan fingerprint density at radius 2 is 2.14 bits per heavy atom. The fraction of sp³-hybridized carbons (Fsp3) is 0.308. The summed E-state index contributed by atoms with van der Waals surface area (Å²) in [5.41, 5.74) is 2.35. The van der Waals surface area contributed by atoms with Gasteiger partial charge in [0.1, 0.15) is 6.33 Å². The SMILES string of the molecule is Cc1ccc(NC(=O)CCCC(=O)O)cc1-n1cnnn1. The van der Waals surface area contributed by atoms with Crippen LogP contribution in [0, 0.1) is 6.92 Å². The average Bonchev–Trinajstić information content (AvgIpc) is 2.94. The molecule has 1 aromatic carbocycles. The lowest BCUT2D eigenvalue weighted by Gasteiger charge is -2.09. The van der Waals surface area contributed by atoms with Gasteiger partial charge in [0.25, 0.3) is 0 Å². The van der Waals surface area contributed by atoms with Gasteiger partial charge in [-0.3, -0.25) is 9.59 Å². The molecule has 8 heteroatoms. The zero-order chi connectivity index (χ0) is 15.2. The van der Waals surface area contributed by atoms with E-state index in [-0.39, 0.29) is 18.7 Å². The molecule has 2 rings (SSSR count). The summed E-state index contributed by atoms with van der Waals surface area (Å²) in [6.45, 7) is 1.91. The van der Waals surface area contributed by atoms with Gasteiger partial charge in [-0.1, -0.05) is 6.07 Å². The average molecular weight is 289 g/mol. The first-order valence-corrected chi connectivity index (χ1v) is 6.42. The molecule has 0 atom stereocenters. The number of tetrazole rings is 1. The molecule has 110 valence electrons. The lowest BCUT2D eigenvalue weighted by atomic mass is 10.1. The number of carbonyl (C=O) groups is 2. The largest absolute Gasteiger partial charge is 0.481 e. The Kier molecular flexibility index (Phi) is 4.60. The fourth-order valence-electron chi connectivity index (χ4n) is 1.83. The zero-order valence-corrected chi connectivity index (χ0v) is 11.5. The highest BCUT2D eigenvalue weighted by atomic mass is 16.4. The Morgan fingerprint density at radius 1 is 1.33 bits per heavy atom. The van der Waals surface area contributed by atoms with E-state index in [2.05, 4.69) is 20.8 Å². The first-order valence-electron chi connectivity index (χ1n) is 6.42. The summed E-state index contributed by atoms with van der Waals surface area (Å²) in [6, 6.07) is 5.39. The number of anilines is 1. The van der Waals surface area contributed by atoms with Gasteiger partial charge < -0.3 is 10.4 Å². The molecule has 0 aliphatic rings. The van der Waals surface area contributed by atoms with E-state index in [1.165, 1.54) is 11.0 Å². The molecule has 0 spiro atoms. The van der Waals surface area contributed by atoms with Crippen LogP contribution in [0.5, 0.6) is 0 Å². The summed E-state index contributed by atoms with van der Waals surface area (Å²) < 4.78 is 1.51. The number of carbonyl (C=O) groups excluding carboxylic acids is 1. The van der Waals surface area contributed by atoms with Crippen LogP contribution in [0.1, 0.15) is 24.8 Å². The molecule has 0 bridgehead atoms. The third kappa shape index (κ3) is 4.10. The predicted molar refractivity (Wildman–Crippen MR) is 74.0 cm³/mol. The highest BCUT2D eigenvalue weighted by Crippen LogP contribution is 2.18. The van der Waals surface area contributed by atoms with Gasteiger partial charge in [-0.2, -0.15) is 0 Å². The normalized spacial score (nSPS) is 10.3. The number of rotatable bonds is 6. The van der Waals surface area contributed by atoms with Crippen molar-refractivity contribution in [2.45, 2.75) is 26.2 Å². The highest BCUT2D eigenvalue weighted by Gasteiger charge is 2.08. The molecule has 0 saturated heterocycles. The minimum absolute atomic E-state index is 0.0167. The molecule has 1 aromatic heterocycles. The Bertz CT molecular complexity index is 639. The first-order chi connectivity index (χ1) is 10.1. The monoisotopic (exact) mass is 289 g/mol. The van der Waals surface area contributed by atoms with E-state index in [0.29, 0.717) is 12.1 Å². The first kappa shape index (κ1) is 14.6. The van der Waals surface area contributed by atoms with Crippen LogP contribution in [0.15, 0.2) is 24.5 Å². The number of aryl methyl sites for hydroxylation is 1. The van der Waals surface area contributed by atoms with Gasteiger partial charge in [0.15, 0.2) is 0 Å². The number of amides is 1. The molecule has 21 heavy (non-hydrogen) atoms. The number of carboxylic acids is 1. The quantitative estimate of drug-likeness (QED) is 0.825. The molecule has 0 fully saturated rings. The minimum Gasteiger partial charge on any atom is -0.481 e. The number of nitrogens with one attached hydrogen (secondary N) is 1. The number of hydrogen-bond donors (Lipinski definition) is 2. The van der Waals surface area contributed by atoms with E-state index >= 15 is 0 Å². The Balaban J connectivity index is 2.03. The van der Waals surface area contributed by atoms with Crippen LogP contribution in [-0.2, 0) is 9.59 Å². The lowest BCUT2D eigenvalue weighted by molar-refractivity contribution is -0.137. The molecule has 2 aromatic rings. The van der Waals surface area contributed by atoms with Crippen molar-refractivity contribution in [1.82, 2.24) is 20.2 Å². The molecule has 0 saturated carbocycles. The van der Waals surface area contributed by atoms with Crippen LogP contribution in [-0.4, -0.2) is 37.2 Å². The second-order valence-electron chi connectivity index (χ2n) is 4.55. The molecule has 0 unspecified atom stereocenters. The highest BCUT2D eigenvalue weighted by molar-refractivity contribution is 5.91. The molecular formula is C13H15N5O3. The Morgan fingerprint density at radius 3 is 2.81 bits per heavy atom. The summed E-state index contributed by atoms with van der Waals surface area (Å²) in [5.74, 6) is -1.12. The van der Waals surface area contributed by atoms with Crippen LogP contribution >= 0.6 is 0 Å². The molecule has 8 nitrogen and oxygen atoms in total. The summed E-state index contributed by atoms with van der Waals surface area (Å²) >= 11 is 0. The third-order valence-electron chi connectivity index (χ3n) is 2.88. The van der Waals surface area contributed by atoms with Crippen LogP contribution in [0.25, 0.3) is 5.69 Å². The van der Waals surface area contributed by atoms with Gasteiger partial charge in [0.2, 0.25) is 5.91 Å². The second-order valence-corrected chi connectivity index (χ2v) is 4.55. The summed E-state index contributed by atoms with van der Waals surface area (Å²) in [4.78, 5) is 22.1. The molecule has 1 amide bonds. The molecule has 1 heterocycles. The van der Waals surface area contributed by atoms with Crippen LogP contribution in [0.4, 0.5) is 5.69 Å². The van der Waals surface area contributed by atoms with Crippen molar-refractivity contribution in [3.63, 3.8) is 0 Å². The standard InChI is InChI=1S/C13H15N5O3/c1-9-5-6-10(7-11(9)18-8-14-16-17-18)15-12(19)3-2-4-13(20)21/h5-8H,2-4H2,1H3,(H,15,19)(H,20,21). The van der Waals surface area contributed by atoms with Crippen LogP contribution < -0.4 is 5.32 Å². The number of benzene rings is 1. The van der Waals surface area contributed by atoms with Crippen LogP contribution in [0.3, 0.4) is 0 Å². The van der Waals surface area contributed by atoms with Crippen molar-refractivity contribution in [1.29, 1.82) is 0 Å². The molecular weight excluding hydrogens is 274 g/mol. The van der Waals surface area contributed by atoms with Crippen LogP contribution in [0.2, 0.25) is 0 Å².